The van der Waals surface area contributed by atoms with Gasteiger partial charge in [-0.1, -0.05) is 97.1 Å². The zero-order valence-corrected chi connectivity index (χ0v) is 17.7. The Morgan fingerprint density at radius 3 is 1.97 bits per heavy atom. The predicted octanol–water partition coefficient (Wildman–Crippen LogP) is 6.65. The fourth-order valence-electron chi connectivity index (χ4n) is 4.67. The molecule has 31 heavy (non-hydrogen) atoms. The van der Waals surface area contributed by atoms with Crippen LogP contribution in [0.1, 0.15) is 22.6 Å². The van der Waals surface area contributed by atoms with Crippen molar-refractivity contribution in [3.05, 3.63) is 132 Å². The molecule has 2 heteroatoms. The van der Waals surface area contributed by atoms with Crippen LogP contribution in [-0.4, -0.2) is 18.8 Å². The second kappa shape index (κ2) is 8.61. The van der Waals surface area contributed by atoms with Crippen LogP contribution in [-0.2, 0) is 6.42 Å². The number of anilines is 1. The highest BCUT2D eigenvalue weighted by atomic mass is 15.2. The van der Waals surface area contributed by atoms with Crippen LogP contribution in [0.25, 0.3) is 0 Å². The summed E-state index contributed by atoms with van der Waals surface area (Å²) in [5.74, 6) is 0.168. The van der Waals surface area contributed by atoms with E-state index in [9.17, 15) is 0 Å². The molecule has 0 spiro atoms. The van der Waals surface area contributed by atoms with Gasteiger partial charge in [0, 0.05) is 30.3 Å². The number of rotatable bonds is 4. The Balaban J connectivity index is 1.71. The zero-order valence-electron chi connectivity index (χ0n) is 17.7. The molecule has 4 aromatic rings. The van der Waals surface area contributed by atoms with Crippen molar-refractivity contribution in [1.82, 2.24) is 0 Å². The van der Waals surface area contributed by atoms with Crippen LogP contribution >= 0.6 is 0 Å². The Labute approximate surface area is 184 Å². The van der Waals surface area contributed by atoms with Crippen molar-refractivity contribution in [2.24, 2.45) is 4.99 Å². The molecule has 0 saturated carbocycles. The first-order chi connectivity index (χ1) is 15.3. The number of nitrogens with zero attached hydrogens (tertiary/aromatic N) is 2. The molecule has 2 atom stereocenters. The highest BCUT2D eigenvalue weighted by Crippen LogP contribution is 2.40. The van der Waals surface area contributed by atoms with Gasteiger partial charge >= 0.3 is 0 Å². The summed E-state index contributed by atoms with van der Waals surface area (Å²) < 4.78 is 0. The SMILES string of the molecule is CN1c2ccccc2C(=Nc2ccccc2)C(c2ccccc2)C1Cc1ccccc1. The normalized spacial score (nSPS) is 19.3. The number of hydrogen-bond donors (Lipinski definition) is 0. The third-order valence-corrected chi connectivity index (χ3v) is 6.19. The minimum atomic E-state index is 0.168. The van der Waals surface area contributed by atoms with Gasteiger partial charge in [-0.2, -0.15) is 0 Å². The minimum absolute atomic E-state index is 0.168. The molecule has 5 rings (SSSR count). The summed E-state index contributed by atoms with van der Waals surface area (Å²) in [5.41, 5.74) is 7.25. The molecular weight excluding hydrogens is 376 g/mol. The highest BCUT2D eigenvalue weighted by molar-refractivity contribution is 6.12. The van der Waals surface area contributed by atoms with Crippen molar-refractivity contribution in [3.63, 3.8) is 0 Å². The Morgan fingerprint density at radius 2 is 1.26 bits per heavy atom. The predicted molar refractivity (Wildman–Crippen MR) is 131 cm³/mol. The standard InChI is InChI=1S/C29H26N2/c1-31-26-20-12-11-19-25(26)29(30-24-17-9-4-10-18-24)28(23-15-7-3-8-16-23)27(31)21-22-13-5-2-6-14-22/h2-20,27-28H,21H2,1H3. The highest BCUT2D eigenvalue weighted by Gasteiger charge is 2.38. The average Bonchev–Trinajstić information content (AvgIpc) is 2.84. The maximum atomic E-state index is 5.23. The van der Waals surface area contributed by atoms with E-state index in [0.717, 1.165) is 17.8 Å². The fourth-order valence-corrected chi connectivity index (χ4v) is 4.67. The Hall–Kier alpha value is -3.65. The number of likely N-dealkylation sites (N-methyl/N-ethyl adjacent to an activating group) is 1. The van der Waals surface area contributed by atoms with Gasteiger partial charge in [-0.3, -0.25) is 4.99 Å². The van der Waals surface area contributed by atoms with Crippen molar-refractivity contribution in [1.29, 1.82) is 0 Å². The molecule has 1 heterocycles. The first-order valence-corrected chi connectivity index (χ1v) is 10.9. The van der Waals surface area contributed by atoms with Crippen molar-refractivity contribution >= 4 is 17.1 Å². The summed E-state index contributed by atoms with van der Waals surface area (Å²) in [4.78, 5) is 7.68. The van der Waals surface area contributed by atoms with E-state index in [1.54, 1.807) is 0 Å². The minimum Gasteiger partial charge on any atom is -0.370 e. The molecule has 0 fully saturated rings. The first-order valence-electron chi connectivity index (χ1n) is 10.9. The summed E-state index contributed by atoms with van der Waals surface area (Å²) in [6, 6.07) is 40.9. The van der Waals surface area contributed by atoms with Crippen LogP contribution in [0.15, 0.2) is 120 Å². The second-order valence-electron chi connectivity index (χ2n) is 8.11. The van der Waals surface area contributed by atoms with Crippen LogP contribution in [0, 0.1) is 0 Å². The third-order valence-electron chi connectivity index (χ3n) is 6.19. The number of fused-ring (bicyclic) bond motifs is 1. The summed E-state index contributed by atoms with van der Waals surface area (Å²) in [6.07, 6.45) is 0.957. The molecule has 2 nitrogen and oxygen atoms in total. The Bertz CT molecular complexity index is 1170. The van der Waals surface area contributed by atoms with E-state index in [0.29, 0.717) is 0 Å². The van der Waals surface area contributed by atoms with Gasteiger partial charge in [-0.25, -0.2) is 0 Å². The molecule has 1 aliphatic rings. The molecule has 0 aromatic heterocycles. The number of aliphatic imine (C=N–C) groups is 1. The molecule has 2 unspecified atom stereocenters. The molecule has 0 aliphatic carbocycles. The van der Waals surface area contributed by atoms with Gasteiger partial charge in [0.05, 0.1) is 11.4 Å². The van der Waals surface area contributed by atoms with E-state index in [1.807, 2.05) is 6.07 Å². The third kappa shape index (κ3) is 3.89. The summed E-state index contributed by atoms with van der Waals surface area (Å²) >= 11 is 0. The van der Waals surface area contributed by atoms with Gasteiger partial charge in [0.15, 0.2) is 0 Å². The lowest BCUT2D eigenvalue weighted by Crippen LogP contribution is -2.46. The molecule has 152 valence electrons. The molecule has 0 bridgehead atoms. The Morgan fingerprint density at radius 1 is 0.677 bits per heavy atom. The first kappa shape index (κ1) is 19.3. The molecule has 1 aliphatic heterocycles. The molecular formula is C29H26N2. The monoisotopic (exact) mass is 402 g/mol. The maximum absolute atomic E-state index is 5.23. The summed E-state index contributed by atoms with van der Waals surface area (Å²) in [5, 5.41) is 0. The van der Waals surface area contributed by atoms with Gasteiger partial charge in [0.2, 0.25) is 0 Å². The van der Waals surface area contributed by atoms with E-state index in [2.05, 4.69) is 121 Å². The second-order valence-corrected chi connectivity index (χ2v) is 8.11. The van der Waals surface area contributed by atoms with E-state index in [1.165, 1.54) is 22.4 Å². The van der Waals surface area contributed by atoms with E-state index in [-0.39, 0.29) is 12.0 Å². The van der Waals surface area contributed by atoms with E-state index in [4.69, 9.17) is 4.99 Å². The largest absolute Gasteiger partial charge is 0.370 e. The van der Waals surface area contributed by atoms with Crippen LogP contribution < -0.4 is 4.90 Å². The van der Waals surface area contributed by atoms with Gasteiger partial charge in [-0.05, 0) is 35.7 Å². The lowest BCUT2D eigenvalue weighted by atomic mass is 9.77. The Kier molecular flexibility index (Phi) is 5.37. The molecule has 4 aromatic carbocycles. The quantitative estimate of drug-likeness (QED) is 0.373. The number of benzene rings is 4. The van der Waals surface area contributed by atoms with E-state index < -0.39 is 0 Å². The van der Waals surface area contributed by atoms with Crippen molar-refractivity contribution in [2.45, 2.75) is 18.4 Å². The van der Waals surface area contributed by atoms with Crippen molar-refractivity contribution in [2.75, 3.05) is 11.9 Å². The van der Waals surface area contributed by atoms with Gasteiger partial charge < -0.3 is 4.90 Å². The van der Waals surface area contributed by atoms with Crippen molar-refractivity contribution in [3.8, 4) is 0 Å². The average molecular weight is 403 g/mol. The molecule has 0 saturated heterocycles. The maximum Gasteiger partial charge on any atom is 0.0633 e. The number of para-hydroxylation sites is 2. The van der Waals surface area contributed by atoms with Gasteiger partial charge in [-0.15, -0.1) is 0 Å². The molecule has 0 radical (unpaired) electrons. The van der Waals surface area contributed by atoms with Crippen LogP contribution in [0.3, 0.4) is 0 Å². The van der Waals surface area contributed by atoms with Gasteiger partial charge in [0.25, 0.3) is 0 Å². The van der Waals surface area contributed by atoms with E-state index >= 15 is 0 Å². The van der Waals surface area contributed by atoms with Crippen LogP contribution in [0.2, 0.25) is 0 Å². The lowest BCUT2D eigenvalue weighted by molar-refractivity contribution is 0.579. The fraction of sp³-hybridized carbons (Fsp3) is 0.138. The van der Waals surface area contributed by atoms with Crippen LogP contribution in [0.4, 0.5) is 11.4 Å². The van der Waals surface area contributed by atoms with Gasteiger partial charge in [0.1, 0.15) is 0 Å². The lowest BCUT2D eigenvalue weighted by Gasteiger charge is -2.43. The van der Waals surface area contributed by atoms with Crippen LogP contribution in [0.5, 0.6) is 0 Å². The summed E-state index contributed by atoms with van der Waals surface area (Å²) in [7, 11) is 2.22. The molecule has 0 N–H and O–H groups in total. The smallest absolute Gasteiger partial charge is 0.0633 e. The zero-order chi connectivity index (χ0) is 21.0. The topological polar surface area (TPSA) is 15.6 Å². The number of hydrogen-bond acceptors (Lipinski definition) is 2. The summed E-state index contributed by atoms with van der Waals surface area (Å²) in [6.45, 7) is 0. The van der Waals surface area contributed by atoms with Crippen molar-refractivity contribution < 1.29 is 0 Å². The molecule has 0 amide bonds.